The van der Waals surface area contributed by atoms with Gasteiger partial charge in [-0.25, -0.2) is 0 Å². The van der Waals surface area contributed by atoms with Gasteiger partial charge in [0.1, 0.15) is 0 Å². The minimum absolute atomic E-state index is 0.186. The molecule has 2 atom stereocenters. The highest BCUT2D eigenvalue weighted by Gasteiger charge is 2.31. The second kappa shape index (κ2) is 5.28. The fourth-order valence-corrected chi connectivity index (χ4v) is 2.51. The van der Waals surface area contributed by atoms with Crippen molar-refractivity contribution in [3.8, 4) is 0 Å². The maximum atomic E-state index is 9.47. The van der Waals surface area contributed by atoms with Gasteiger partial charge in [-0.05, 0) is 39.2 Å². The Morgan fingerprint density at radius 3 is 2.67 bits per heavy atom. The van der Waals surface area contributed by atoms with Gasteiger partial charge < -0.3 is 10.4 Å². The van der Waals surface area contributed by atoms with Crippen LogP contribution in [0, 0.1) is 0 Å². The lowest BCUT2D eigenvalue weighted by molar-refractivity contribution is 0.111. The Kier molecular flexibility index (Phi) is 4.00. The van der Waals surface area contributed by atoms with E-state index in [1.165, 1.54) is 38.6 Å². The molecule has 2 fully saturated rings. The van der Waals surface area contributed by atoms with E-state index in [4.69, 9.17) is 0 Å². The van der Waals surface area contributed by atoms with E-state index in [0.717, 1.165) is 19.1 Å². The number of nitrogens with zero attached hydrogens (tertiary/aromatic N) is 1. The van der Waals surface area contributed by atoms with Crippen LogP contribution in [0.5, 0.6) is 0 Å². The Bertz CT molecular complexity index is 186. The van der Waals surface area contributed by atoms with Crippen molar-refractivity contribution in [2.75, 3.05) is 19.6 Å². The van der Waals surface area contributed by atoms with Gasteiger partial charge in [-0.3, -0.25) is 4.90 Å². The molecule has 1 aliphatic heterocycles. The zero-order valence-electron chi connectivity index (χ0n) is 9.78. The summed E-state index contributed by atoms with van der Waals surface area (Å²) >= 11 is 0. The van der Waals surface area contributed by atoms with E-state index in [-0.39, 0.29) is 6.10 Å². The molecule has 1 saturated carbocycles. The molecule has 0 aromatic carbocycles. The molecular formula is C12H24N2O. The minimum Gasteiger partial charge on any atom is -0.392 e. The standard InChI is InChI=1S/C12H24N2O/c1-10(15)8-14(12-5-6-12)9-11-4-2-3-7-13-11/h10-13,15H,2-9H2,1H3/t10-,11?/m0/s1. The fourth-order valence-electron chi connectivity index (χ4n) is 2.51. The monoisotopic (exact) mass is 212 g/mol. The van der Waals surface area contributed by atoms with E-state index < -0.39 is 0 Å². The Balaban J connectivity index is 1.77. The second-order valence-corrected chi connectivity index (χ2v) is 5.18. The molecule has 0 bridgehead atoms. The van der Waals surface area contributed by atoms with Crippen LogP contribution in [0.1, 0.15) is 39.0 Å². The quantitative estimate of drug-likeness (QED) is 0.713. The van der Waals surface area contributed by atoms with E-state index in [9.17, 15) is 5.11 Å². The lowest BCUT2D eigenvalue weighted by atomic mass is 10.0. The van der Waals surface area contributed by atoms with Gasteiger partial charge in [0.2, 0.25) is 0 Å². The summed E-state index contributed by atoms with van der Waals surface area (Å²) in [6.07, 6.45) is 6.48. The lowest BCUT2D eigenvalue weighted by Gasteiger charge is -2.31. The summed E-state index contributed by atoms with van der Waals surface area (Å²) in [6, 6.07) is 1.43. The average molecular weight is 212 g/mol. The summed E-state index contributed by atoms with van der Waals surface area (Å²) in [5.74, 6) is 0. The van der Waals surface area contributed by atoms with E-state index in [1.54, 1.807) is 0 Å². The highest BCUT2D eigenvalue weighted by molar-refractivity contribution is 4.88. The van der Waals surface area contributed by atoms with Crippen LogP contribution in [-0.4, -0.2) is 47.8 Å². The molecule has 0 radical (unpaired) electrons. The summed E-state index contributed by atoms with van der Waals surface area (Å²) in [5.41, 5.74) is 0. The van der Waals surface area contributed by atoms with Crippen molar-refractivity contribution in [1.29, 1.82) is 0 Å². The number of hydrogen-bond donors (Lipinski definition) is 2. The Morgan fingerprint density at radius 2 is 2.13 bits per heavy atom. The molecule has 0 amide bonds. The second-order valence-electron chi connectivity index (χ2n) is 5.18. The number of piperidine rings is 1. The third-order valence-electron chi connectivity index (χ3n) is 3.43. The van der Waals surface area contributed by atoms with Gasteiger partial charge in [-0.15, -0.1) is 0 Å². The fraction of sp³-hybridized carbons (Fsp3) is 1.00. The molecule has 1 unspecified atom stereocenters. The first-order valence-electron chi connectivity index (χ1n) is 6.41. The third-order valence-corrected chi connectivity index (χ3v) is 3.43. The SMILES string of the molecule is C[C@H](O)CN(CC1CCCCN1)C1CC1. The van der Waals surface area contributed by atoms with Crippen LogP contribution < -0.4 is 5.32 Å². The number of hydrogen-bond acceptors (Lipinski definition) is 3. The lowest BCUT2D eigenvalue weighted by Crippen LogP contribution is -2.46. The molecule has 2 N–H and O–H groups in total. The molecule has 3 heteroatoms. The smallest absolute Gasteiger partial charge is 0.0639 e. The Hall–Kier alpha value is -0.120. The molecule has 1 saturated heterocycles. The molecule has 0 spiro atoms. The van der Waals surface area contributed by atoms with Crippen molar-refractivity contribution in [1.82, 2.24) is 10.2 Å². The molecule has 2 aliphatic rings. The molecule has 1 aliphatic carbocycles. The summed E-state index contributed by atoms with van der Waals surface area (Å²) in [4.78, 5) is 2.48. The zero-order chi connectivity index (χ0) is 10.7. The number of aliphatic hydroxyl groups excluding tert-OH is 1. The highest BCUT2D eigenvalue weighted by atomic mass is 16.3. The van der Waals surface area contributed by atoms with Crippen molar-refractivity contribution in [2.45, 2.75) is 57.2 Å². The van der Waals surface area contributed by atoms with Gasteiger partial charge in [0.05, 0.1) is 6.10 Å². The van der Waals surface area contributed by atoms with E-state index in [1.807, 2.05) is 6.92 Å². The summed E-state index contributed by atoms with van der Waals surface area (Å²) < 4.78 is 0. The maximum absolute atomic E-state index is 9.47. The van der Waals surface area contributed by atoms with Gasteiger partial charge >= 0.3 is 0 Å². The predicted octanol–water partition coefficient (Wildman–Crippen LogP) is 0.974. The van der Waals surface area contributed by atoms with Crippen LogP contribution in [0.15, 0.2) is 0 Å². The first-order chi connectivity index (χ1) is 7.25. The van der Waals surface area contributed by atoms with E-state index in [2.05, 4.69) is 10.2 Å². The Labute approximate surface area is 92.8 Å². The molecule has 0 aromatic rings. The molecule has 15 heavy (non-hydrogen) atoms. The van der Waals surface area contributed by atoms with Crippen molar-refractivity contribution >= 4 is 0 Å². The zero-order valence-corrected chi connectivity index (χ0v) is 9.78. The van der Waals surface area contributed by atoms with Crippen LogP contribution >= 0.6 is 0 Å². The summed E-state index contributed by atoms with van der Waals surface area (Å²) in [5, 5.41) is 13.0. The largest absolute Gasteiger partial charge is 0.392 e. The van der Waals surface area contributed by atoms with Crippen LogP contribution in [0.25, 0.3) is 0 Å². The van der Waals surface area contributed by atoms with Gasteiger partial charge in [0, 0.05) is 25.2 Å². The molecular weight excluding hydrogens is 188 g/mol. The number of rotatable bonds is 5. The molecule has 0 aromatic heterocycles. The van der Waals surface area contributed by atoms with Crippen molar-refractivity contribution in [2.24, 2.45) is 0 Å². The van der Waals surface area contributed by atoms with Gasteiger partial charge in [-0.1, -0.05) is 6.42 Å². The van der Waals surface area contributed by atoms with E-state index >= 15 is 0 Å². The van der Waals surface area contributed by atoms with Crippen LogP contribution in [-0.2, 0) is 0 Å². The molecule has 3 nitrogen and oxygen atoms in total. The first-order valence-corrected chi connectivity index (χ1v) is 6.41. The third kappa shape index (κ3) is 3.74. The van der Waals surface area contributed by atoms with Gasteiger partial charge in [0.25, 0.3) is 0 Å². The maximum Gasteiger partial charge on any atom is 0.0639 e. The van der Waals surface area contributed by atoms with Crippen molar-refractivity contribution < 1.29 is 5.11 Å². The van der Waals surface area contributed by atoms with Crippen molar-refractivity contribution in [3.05, 3.63) is 0 Å². The van der Waals surface area contributed by atoms with E-state index in [0.29, 0.717) is 6.04 Å². The van der Waals surface area contributed by atoms with Gasteiger partial charge in [-0.2, -0.15) is 0 Å². The van der Waals surface area contributed by atoms with Crippen LogP contribution in [0.3, 0.4) is 0 Å². The normalized spacial score (nSPS) is 29.4. The molecule has 1 heterocycles. The van der Waals surface area contributed by atoms with Gasteiger partial charge in [0.15, 0.2) is 0 Å². The first kappa shape index (κ1) is 11.4. The number of nitrogens with one attached hydrogen (secondary N) is 1. The Morgan fingerprint density at radius 1 is 1.33 bits per heavy atom. The molecule has 88 valence electrons. The van der Waals surface area contributed by atoms with Crippen LogP contribution in [0.4, 0.5) is 0 Å². The number of aliphatic hydroxyl groups is 1. The minimum atomic E-state index is -0.186. The highest BCUT2D eigenvalue weighted by Crippen LogP contribution is 2.27. The topological polar surface area (TPSA) is 35.5 Å². The predicted molar refractivity (Wildman–Crippen MR) is 61.9 cm³/mol. The van der Waals surface area contributed by atoms with Crippen molar-refractivity contribution in [3.63, 3.8) is 0 Å². The molecule has 2 rings (SSSR count). The summed E-state index contributed by atoms with van der Waals surface area (Å²) in [6.45, 7) is 5.06. The average Bonchev–Trinajstić information content (AvgIpc) is 3.01. The van der Waals surface area contributed by atoms with Crippen LogP contribution in [0.2, 0.25) is 0 Å². The summed E-state index contributed by atoms with van der Waals surface area (Å²) in [7, 11) is 0.